The van der Waals surface area contributed by atoms with Crippen LogP contribution < -0.4 is 10.6 Å². The molecule has 0 aliphatic carbocycles. The lowest BCUT2D eigenvalue weighted by Gasteiger charge is -2.12. The second-order valence-corrected chi connectivity index (χ2v) is 7.97. The van der Waals surface area contributed by atoms with Crippen molar-refractivity contribution in [1.29, 1.82) is 0 Å². The molecule has 5 nitrogen and oxygen atoms in total. The molecule has 0 saturated carbocycles. The van der Waals surface area contributed by atoms with Gasteiger partial charge in [0, 0.05) is 18.7 Å². The van der Waals surface area contributed by atoms with Crippen LogP contribution in [0.3, 0.4) is 0 Å². The van der Waals surface area contributed by atoms with Gasteiger partial charge in [0.05, 0.1) is 11.5 Å². The van der Waals surface area contributed by atoms with Crippen LogP contribution in [0.25, 0.3) is 0 Å². The van der Waals surface area contributed by atoms with E-state index in [1.54, 1.807) is 0 Å². The highest BCUT2D eigenvalue weighted by molar-refractivity contribution is 7.91. The second-order valence-electron chi connectivity index (χ2n) is 5.74. The van der Waals surface area contributed by atoms with E-state index in [1.807, 2.05) is 45.0 Å². The third-order valence-corrected chi connectivity index (χ3v) is 5.08. The zero-order valence-corrected chi connectivity index (χ0v) is 14.4. The Balaban J connectivity index is 2.59. The zero-order chi connectivity index (χ0) is 16.6. The Kier molecular flexibility index (Phi) is 7.55. The molecule has 6 heteroatoms. The minimum Gasteiger partial charge on any atom is -0.326 e. The normalized spacial score (nSPS) is 11.6. The van der Waals surface area contributed by atoms with Crippen LogP contribution in [0.4, 0.5) is 5.69 Å². The summed E-state index contributed by atoms with van der Waals surface area (Å²) in [6, 6.07) is 7.52. The van der Waals surface area contributed by atoms with Gasteiger partial charge >= 0.3 is 0 Å². The SMILES string of the molecule is CCNCc1ccccc1NC(=O)CCS(=O)(=O)CC(C)C. The van der Waals surface area contributed by atoms with E-state index in [0.717, 1.165) is 17.8 Å². The van der Waals surface area contributed by atoms with Gasteiger partial charge in [-0.1, -0.05) is 39.0 Å². The quantitative estimate of drug-likeness (QED) is 0.729. The second kappa shape index (κ2) is 8.90. The van der Waals surface area contributed by atoms with Crippen molar-refractivity contribution in [2.75, 3.05) is 23.4 Å². The van der Waals surface area contributed by atoms with E-state index >= 15 is 0 Å². The van der Waals surface area contributed by atoms with Crippen molar-refractivity contribution in [1.82, 2.24) is 5.32 Å². The van der Waals surface area contributed by atoms with Gasteiger partial charge in [-0.15, -0.1) is 0 Å². The van der Waals surface area contributed by atoms with E-state index < -0.39 is 9.84 Å². The van der Waals surface area contributed by atoms with Gasteiger partial charge in [-0.2, -0.15) is 0 Å². The van der Waals surface area contributed by atoms with Crippen molar-refractivity contribution in [3.63, 3.8) is 0 Å². The minimum atomic E-state index is -3.17. The van der Waals surface area contributed by atoms with E-state index in [9.17, 15) is 13.2 Å². The van der Waals surface area contributed by atoms with Crippen molar-refractivity contribution >= 4 is 21.4 Å². The first-order chi connectivity index (χ1) is 10.3. The molecule has 1 rings (SSSR count). The number of rotatable bonds is 9. The Hall–Kier alpha value is -1.40. The molecule has 1 aromatic rings. The van der Waals surface area contributed by atoms with Gasteiger partial charge in [-0.05, 0) is 24.1 Å². The molecule has 0 spiro atoms. The van der Waals surface area contributed by atoms with E-state index in [2.05, 4.69) is 10.6 Å². The highest BCUT2D eigenvalue weighted by Crippen LogP contribution is 2.15. The topological polar surface area (TPSA) is 75.3 Å². The lowest BCUT2D eigenvalue weighted by molar-refractivity contribution is -0.115. The van der Waals surface area contributed by atoms with E-state index in [-0.39, 0.29) is 29.8 Å². The summed E-state index contributed by atoms with van der Waals surface area (Å²) in [6.07, 6.45) is -0.00933. The largest absolute Gasteiger partial charge is 0.326 e. The van der Waals surface area contributed by atoms with E-state index in [1.165, 1.54) is 0 Å². The van der Waals surface area contributed by atoms with Crippen molar-refractivity contribution < 1.29 is 13.2 Å². The van der Waals surface area contributed by atoms with E-state index in [4.69, 9.17) is 0 Å². The summed E-state index contributed by atoms with van der Waals surface area (Å²) in [5, 5.41) is 6.01. The zero-order valence-electron chi connectivity index (χ0n) is 13.6. The summed E-state index contributed by atoms with van der Waals surface area (Å²) >= 11 is 0. The van der Waals surface area contributed by atoms with Gasteiger partial charge in [0.25, 0.3) is 0 Å². The van der Waals surface area contributed by atoms with Crippen molar-refractivity contribution in [3.05, 3.63) is 29.8 Å². The van der Waals surface area contributed by atoms with Crippen LogP contribution in [0, 0.1) is 5.92 Å². The summed E-state index contributed by atoms with van der Waals surface area (Å²) < 4.78 is 23.6. The fourth-order valence-electron chi connectivity index (χ4n) is 2.11. The van der Waals surface area contributed by atoms with Gasteiger partial charge in [0.2, 0.25) is 5.91 Å². The average Bonchev–Trinajstić information content (AvgIpc) is 2.43. The van der Waals surface area contributed by atoms with Crippen molar-refractivity contribution in [3.8, 4) is 0 Å². The highest BCUT2D eigenvalue weighted by atomic mass is 32.2. The lowest BCUT2D eigenvalue weighted by atomic mass is 10.1. The van der Waals surface area contributed by atoms with Crippen LogP contribution in [-0.4, -0.2) is 32.4 Å². The van der Waals surface area contributed by atoms with Gasteiger partial charge in [-0.25, -0.2) is 8.42 Å². The molecule has 0 bridgehead atoms. The standard InChI is InChI=1S/C16H26N2O3S/c1-4-17-11-14-7-5-6-8-15(14)18-16(19)9-10-22(20,21)12-13(2)3/h5-8,13,17H,4,9-12H2,1-3H3,(H,18,19). The predicted molar refractivity (Wildman–Crippen MR) is 90.6 cm³/mol. The molecule has 0 fully saturated rings. The third kappa shape index (κ3) is 7.04. The van der Waals surface area contributed by atoms with Crippen LogP contribution in [0.2, 0.25) is 0 Å². The number of anilines is 1. The molecule has 0 saturated heterocycles. The number of nitrogens with one attached hydrogen (secondary N) is 2. The molecule has 22 heavy (non-hydrogen) atoms. The molecular formula is C16H26N2O3S. The van der Waals surface area contributed by atoms with Crippen molar-refractivity contribution in [2.24, 2.45) is 5.92 Å². The van der Waals surface area contributed by atoms with Gasteiger partial charge in [0.1, 0.15) is 0 Å². The molecule has 124 valence electrons. The summed E-state index contributed by atoms with van der Waals surface area (Å²) in [4.78, 5) is 12.0. The molecule has 1 aromatic carbocycles. The predicted octanol–water partition coefficient (Wildman–Crippen LogP) is 2.20. The number of carbonyl (C=O) groups excluding carboxylic acids is 1. The van der Waals surface area contributed by atoms with Crippen LogP contribution >= 0.6 is 0 Å². The molecule has 0 atom stereocenters. The molecule has 1 amide bonds. The summed E-state index contributed by atoms with van der Waals surface area (Å²) in [5.74, 6) is -0.172. The first-order valence-electron chi connectivity index (χ1n) is 7.63. The first-order valence-corrected chi connectivity index (χ1v) is 9.45. The molecule has 0 unspecified atom stereocenters. The average molecular weight is 326 g/mol. The van der Waals surface area contributed by atoms with Crippen LogP contribution in [-0.2, 0) is 21.2 Å². The molecule has 2 N–H and O–H groups in total. The summed E-state index contributed by atoms with van der Waals surface area (Å²) in [6.45, 7) is 7.23. The molecule has 0 aromatic heterocycles. The maximum atomic E-state index is 12.0. The molecule has 0 radical (unpaired) electrons. The number of para-hydroxylation sites is 1. The number of sulfone groups is 1. The van der Waals surface area contributed by atoms with Gasteiger partial charge in [0.15, 0.2) is 9.84 Å². The Morgan fingerprint density at radius 3 is 2.55 bits per heavy atom. The summed E-state index contributed by atoms with van der Waals surface area (Å²) in [5.41, 5.74) is 1.72. The summed E-state index contributed by atoms with van der Waals surface area (Å²) in [7, 11) is -3.17. The third-order valence-electron chi connectivity index (χ3n) is 3.08. The van der Waals surface area contributed by atoms with Gasteiger partial charge < -0.3 is 10.6 Å². The lowest BCUT2D eigenvalue weighted by Crippen LogP contribution is -2.22. The number of benzene rings is 1. The Morgan fingerprint density at radius 1 is 1.23 bits per heavy atom. The number of hydrogen-bond acceptors (Lipinski definition) is 4. The Bertz CT molecular complexity index is 583. The van der Waals surface area contributed by atoms with Crippen LogP contribution in [0.1, 0.15) is 32.8 Å². The molecule has 0 aliphatic heterocycles. The maximum Gasteiger partial charge on any atom is 0.225 e. The fraction of sp³-hybridized carbons (Fsp3) is 0.562. The highest BCUT2D eigenvalue weighted by Gasteiger charge is 2.16. The van der Waals surface area contributed by atoms with Crippen LogP contribution in [0.15, 0.2) is 24.3 Å². The van der Waals surface area contributed by atoms with E-state index in [0.29, 0.717) is 6.54 Å². The smallest absolute Gasteiger partial charge is 0.225 e. The minimum absolute atomic E-state index is 0.00933. The molecule has 0 heterocycles. The fourth-order valence-corrected chi connectivity index (χ4v) is 3.79. The maximum absolute atomic E-state index is 12.0. The Labute approximate surface area is 133 Å². The number of carbonyl (C=O) groups is 1. The van der Waals surface area contributed by atoms with Gasteiger partial charge in [-0.3, -0.25) is 4.79 Å². The monoisotopic (exact) mass is 326 g/mol. The molecule has 0 aliphatic rings. The molecular weight excluding hydrogens is 300 g/mol. The first kappa shape index (κ1) is 18.6. The number of amides is 1. The van der Waals surface area contributed by atoms with Crippen LogP contribution in [0.5, 0.6) is 0 Å². The van der Waals surface area contributed by atoms with Crippen molar-refractivity contribution in [2.45, 2.75) is 33.7 Å². The Morgan fingerprint density at radius 2 is 1.91 bits per heavy atom. The number of hydrogen-bond donors (Lipinski definition) is 2.